The fourth-order valence-electron chi connectivity index (χ4n) is 7.54. The third-order valence-corrected chi connectivity index (χ3v) is 9.02. The minimum absolute atomic E-state index is 0.0618. The molecule has 30 heavy (non-hydrogen) atoms. The summed E-state index contributed by atoms with van der Waals surface area (Å²) in [6.07, 6.45) is 8.06. The molecular weight excluding hydrogens is 398 g/mol. The molecule has 2 atom stereocenters. The van der Waals surface area contributed by atoms with Crippen LogP contribution in [0.1, 0.15) is 65.2 Å². The molecule has 2 unspecified atom stereocenters. The highest BCUT2D eigenvalue weighted by Gasteiger charge is 2.62. The molecular formula is C23H31N3O3S. The Kier molecular flexibility index (Phi) is 4.38. The number of amides is 1. The van der Waals surface area contributed by atoms with Gasteiger partial charge >= 0.3 is 0 Å². The van der Waals surface area contributed by atoms with Crippen molar-refractivity contribution in [2.45, 2.75) is 70.1 Å². The van der Waals surface area contributed by atoms with Crippen molar-refractivity contribution >= 4 is 27.5 Å². The molecule has 0 aromatic heterocycles. The van der Waals surface area contributed by atoms with Gasteiger partial charge in [-0.3, -0.25) is 14.5 Å². The zero-order valence-electron chi connectivity index (χ0n) is 17.8. The van der Waals surface area contributed by atoms with Crippen molar-refractivity contribution in [1.82, 2.24) is 4.72 Å². The van der Waals surface area contributed by atoms with Crippen LogP contribution >= 0.6 is 0 Å². The maximum absolute atomic E-state index is 13.5. The van der Waals surface area contributed by atoms with E-state index in [1.807, 2.05) is 0 Å². The van der Waals surface area contributed by atoms with E-state index >= 15 is 0 Å². The first kappa shape index (κ1) is 20.0. The minimum Gasteiger partial charge on any atom is -0.326 e. The molecule has 4 bridgehead atoms. The standard InChI is InChI=1S/C23H31N3O3S/c1-21-10-16-11-22(2,13-21)15-23(12-16,14-21)20(27)25-17-5-3-6-18(9-17)30(28,29)26-19-7-4-8-24-19/h3,5-6,9,16H,4,7-8,10-15H2,1-2H3,(H,24,26)(H,25,27). The number of hydrogen-bond acceptors (Lipinski definition) is 4. The lowest BCUT2D eigenvalue weighted by atomic mass is 9.40. The molecule has 2 N–H and O–H groups in total. The molecule has 4 fully saturated rings. The molecule has 162 valence electrons. The van der Waals surface area contributed by atoms with Gasteiger partial charge in [-0.25, -0.2) is 8.42 Å². The van der Waals surface area contributed by atoms with E-state index in [2.05, 4.69) is 28.9 Å². The van der Waals surface area contributed by atoms with Gasteiger partial charge in [0.25, 0.3) is 10.0 Å². The Hall–Kier alpha value is -1.89. The van der Waals surface area contributed by atoms with E-state index in [1.54, 1.807) is 24.3 Å². The van der Waals surface area contributed by atoms with Crippen LogP contribution in [0.4, 0.5) is 5.69 Å². The van der Waals surface area contributed by atoms with E-state index < -0.39 is 10.0 Å². The SMILES string of the molecule is CC12CC3CC(C)(C1)CC(C(=O)Nc1cccc(S(=O)(=O)NC4=NCCC4)c1)(C3)C2. The molecule has 1 amide bonds. The van der Waals surface area contributed by atoms with Gasteiger partial charge in [-0.05, 0) is 79.9 Å². The molecule has 0 radical (unpaired) electrons. The fraction of sp³-hybridized carbons (Fsp3) is 0.652. The molecule has 6 nitrogen and oxygen atoms in total. The fourth-order valence-corrected chi connectivity index (χ4v) is 8.68. The van der Waals surface area contributed by atoms with Gasteiger partial charge in [0.05, 0.1) is 10.3 Å². The molecule has 1 aliphatic heterocycles. The summed E-state index contributed by atoms with van der Waals surface area (Å²) in [5.41, 5.74) is 0.724. The second-order valence-electron chi connectivity index (χ2n) is 10.9. The first-order valence-electron chi connectivity index (χ1n) is 11.1. The Balaban J connectivity index is 1.36. The molecule has 7 heteroatoms. The number of rotatable bonds is 4. The summed E-state index contributed by atoms with van der Waals surface area (Å²) < 4.78 is 28.0. The van der Waals surface area contributed by atoms with E-state index in [4.69, 9.17) is 0 Å². The molecule has 1 aromatic rings. The number of nitrogens with zero attached hydrogens (tertiary/aromatic N) is 1. The van der Waals surface area contributed by atoms with Crippen LogP contribution in [-0.4, -0.2) is 26.7 Å². The van der Waals surface area contributed by atoms with Crippen LogP contribution in [0.3, 0.4) is 0 Å². The molecule has 0 saturated heterocycles. The van der Waals surface area contributed by atoms with Crippen molar-refractivity contribution in [3.63, 3.8) is 0 Å². The average Bonchev–Trinajstić information content (AvgIpc) is 3.11. The number of nitrogens with one attached hydrogen (secondary N) is 2. The van der Waals surface area contributed by atoms with E-state index in [-0.39, 0.29) is 27.0 Å². The second kappa shape index (κ2) is 6.55. The topological polar surface area (TPSA) is 87.6 Å². The lowest BCUT2D eigenvalue weighted by Gasteiger charge is -2.64. The molecule has 1 aromatic carbocycles. The van der Waals surface area contributed by atoms with E-state index in [0.29, 0.717) is 30.4 Å². The van der Waals surface area contributed by atoms with E-state index in [1.165, 1.54) is 19.3 Å². The lowest BCUT2D eigenvalue weighted by Crippen LogP contribution is -2.58. The summed E-state index contributed by atoms with van der Waals surface area (Å²) in [5, 5.41) is 3.08. The summed E-state index contributed by atoms with van der Waals surface area (Å²) in [7, 11) is -3.70. The number of benzene rings is 1. The molecule has 1 heterocycles. The highest BCUT2D eigenvalue weighted by Crippen LogP contribution is 2.69. The molecule has 5 aliphatic rings. The van der Waals surface area contributed by atoms with E-state index in [0.717, 1.165) is 25.7 Å². The lowest BCUT2D eigenvalue weighted by molar-refractivity contribution is -0.165. The van der Waals surface area contributed by atoms with Gasteiger partial charge in [-0.15, -0.1) is 0 Å². The van der Waals surface area contributed by atoms with Crippen LogP contribution in [0.15, 0.2) is 34.2 Å². The highest BCUT2D eigenvalue weighted by molar-refractivity contribution is 7.90. The van der Waals surface area contributed by atoms with Gasteiger partial charge in [0.1, 0.15) is 5.84 Å². The number of anilines is 1. The monoisotopic (exact) mass is 429 g/mol. The van der Waals surface area contributed by atoms with Gasteiger partial charge in [-0.2, -0.15) is 0 Å². The molecule has 4 aliphatic carbocycles. The van der Waals surface area contributed by atoms with E-state index in [9.17, 15) is 13.2 Å². The van der Waals surface area contributed by atoms with Gasteiger partial charge < -0.3 is 5.32 Å². The van der Waals surface area contributed by atoms with Crippen molar-refractivity contribution in [2.75, 3.05) is 11.9 Å². The van der Waals surface area contributed by atoms with Gasteiger partial charge in [0, 0.05) is 18.7 Å². The Morgan fingerprint density at radius 3 is 2.47 bits per heavy atom. The van der Waals surface area contributed by atoms with Gasteiger partial charge in [0.15, 0.2) is 0 Å². The zero-order chi connectivity index (χ0) is 21.2. The Labute approximate surface area is 179 Å². The number of carbonyl (C=O) groups excluding carboxylic acids is 1. The average molecular weight is 430 g/mol. The van der Waals surface area contributed by atoms with Crippen LogP contribution in [0.2, 0.25) is 0 Å². The van der Waals surface area contributed by atoms with Crippen LogP contribution in [0.25, 0.3) is 0 Å². The number of hydrogen-bond donors (Lipinski definition) is 2. The Morgan fingerprint density at radius 1 is 1.10 bits per heavy atom. The van der Waals surface area contributed by atoms with Crippen LogP contribution < -0.4 is 10.0 Å². The normalized spacial score (nSPS) is 37.1. The quantitative estimate of drug-likeness (QED) is 0.756. The number of aliphatic imine (C=N–C) groups is 1. The maximum atomic E-state index is 13.5. The summed E-state index contributed by atoms with van der Waals surface area (Å²) in [6, 6.07) is 6.57. The third kappa shape index (κ3) is 3.45. The largest absolute Gasteiger partial charge is 0.326 e. The number of sulfonamides is 1. The van der Waals surface area contributed by atoms with Crippen molar-refractivity contribution in [1.29, 1.82) is 0 Å². The first-order chi connectivity index (χ1) is 14.1. The third-order valence-electron chi connectivity index (χ3n) is 7.64. The Morgan fingerprint density at radius 2 is 1.83 bits per heavy atom. The number of carbonyl (C=O) groups is 1. The first-order valence-corrected chi connectivity index (χ1v) is 12.6. The summed E-state index contributed by atoms with van der Waals surface area (Å²) in [5.74, 6) is 1.20. The van der Waals surface area contributed by atoms with Crippen molar-refractivity contribution < 1.29 is 13.2 Å². The molecule has 6 rings (SSSR count). The van der Waals surface area contributed by atoms with Crippen LogP contribution in [0.5, 0.6) is 0 Å². The molecule has 4 saturated carbocycles. The minimum atomic E-state index is -3.70. The summed E-state index contributed by atoms with van der Waals surface area (Å²) in [6.45, 7) is 5.36. The Bertz CT molecular complexity index is 1010. The summed E-state index contributed by atoms with van der Waals surface area (Å²) >= 11 is 0. The van der Waals surface area contributed by atoms with Crippen LogP contribution in [-0.2, 0) is 14.8 Å². The van der Waals surface area contributed by atoms with Crippen molar-refractivity contribution in [2.24, 2.45) is 27.2 Å². The highest BCUT2D eigenvalue weighted by atomic mass is 32.2. The molecule has 0 spiro atoms. The number of amidine groups is 1. The van der Waals surface area contributed by atoms with Gasteiger partial charge in [-0.1, -0.05) is 19.9 Å². The predicted octanol–water partition coefficient (Wildman–Crippen LogP) is 4.09. The van der Waals surface area contributed by atoms with Crippen molar-refractivity contribution in [3.05, 3.63) is 24.3 Å². The maximum Gasteiger partial charge on any atom is 0.262 e. The summed E-state index contributed by atoms with van der Waals surface area (Å²) in [4.78, 5) is 17.8. The zero-order valence-corrected chi connectivity index (χ0v) is 18.6. The van der Waals surface area contributed by atoms with Crippen LogP contribution in [0, 0.1) is 22.2 Å². The predicted molar refractivity (Wildman–Crippen MR) is 117 cm³/mol. The van der Waals surface area contributed by atoms with Gasteiger partial charge in [0.2, 0.25) is 5.91 Å². The van der Waals surface area contributed by atoms with Crippen molar-refractivity contribution in [3.8, 4) is 0 Å². The second-order valence-corrected chi connectivity index (χ2v) is 12.6. The smallest absolute Gasteiger partial charge is 0.262 e.